The van der Waals surface area contributed by atoms with Crippen LogP contribution in [0.4, 0.5) is 4.39 Å². The number of ether oxygens (including phenoxy) is 1. The predicted octanol–water partition coefficient (Wildman–Crippen LogP) is 1.97. The number of carbonyl (C=O) groups excluding carboxylic acids is 1. The summed E-state index contributed by atoms with van der Waals surface area (Å²) in [4.78, 5) is 11.3. The average Bonchev–Trinajstić information content (AvgIpc) is 2.18. The van der Waals surface area contributed by atoms with E-state index < -0.39 is 0 Å². The summed E-state index contributed by atoms with van der Waals surface area (Å²) in [6.45, 7) is 0.396. The highest BCUT2D eigenvalue weighted by Crippen LogP contribution is 2.08. The topological polar surface area (TPSA) is 26.3 Å². The van der Waals surface area contributed by atoms with Gasteiger partial charge in [0.1, 0.15) is 11.6 Å². The molecule has 0 saturated heterocycles. The van der Waals surface area contributed by atoms with Crippen molar-refractivity contribution in [1.82, 2.24) is 0 Å². The normalized spacial score (nSPS) is 10.1. The minimum absolute atomic E-state index is 0.00282. The Morgan fingerprint density at radius 2 is 2.14 bits per heavy atom. The third-order valence-electron chi connectivity index (χ3n) is 1.93. The fraction of sp³-hybridized carbons (Fsp3) is 0.364. The molecule has 1 aromatic carbocycles. The molecular formula is C11H13FO2. The van der Waals surface area contributed by atoms with Crippen LogP contribution in [0.1, 0.15) is 12.0 Å². The molecule has 0 spiro atoms. The molecule has 0 aliphatic rings. The van der Waals surface area contributed by atoms with Gasteiger partial charge in [0.2, 0.25) is 0 Å². The Bertz CT molecular complexity index is 310. The molecule has 0 atom stereocenters. The standard InChI is InChI=1S/C11H13FO2/c1-14-7-6-10(13)8-9-4-2-3-5-11(9)12/h2-5H,6-8H2,1H3. The number of hydrogen-bond acceptors (Lipinski definition) is 2. The molecule has 0 amide bonds. The highest BCUT2D eigenvalue weighted by Gasteiger charge is 2.06. The Morgan fingerprint density at radius 3 is 2.79 bits per heavy atom. The summed E-state index contributed by atoms with van der Waals surface area (Å²) in [5.41, 5.74) is 0.452. The van der Waals surface area contributed by atoms with E-state index in [9.17, 15) is 9.18 Å². The molecule has 3 heteroatoms. The second kappa shape index (κ2) is 5.50. The summed E-state index contributed by atoms with van der Waals surface area (Å²) in [5, 5.41) is 0. The van der Waals surface area contributed by atoms with Crippen LogP contribution in [0.2, 0.25) is 0 Å². The van der Waals surface area contributed by atoms with E-state index in [0.717, 1.165) is 0 Å². The monoisotopic (exact) mass is 196 g/mol. The SMILES string of the molecule is COCCC(=O)Cc1ccccc1F. The quantitative estimate of drug-likeness (QED) is 0.719. The number of methoxy groups -OCH3 is 1. The smallest absolute Gasteiger partial charge is 0.139 e. The molecule has 0 radical (unpaired) electrons. The van der Waals surface area contributed by atoms with Gasteiger partial charge in [0.15, 0.2) is 0 Å². The number of carbonyl (C=O) groups is 1. The van der Waals surface area contributed by atoms with E-state index in [-0.39, 0.29) is 18.0 Å². The van der Waals surface area contributed by atoms with E-state index in [1.54, 1.807) is 18.2 Å². The molecule has 0 saturated carbocycles. The first-order chi connectivity index (χ1) is 6.74. The first kappa shape index (κ1) is 10.9. The van der Waals surface area contributed by atoms with E-state index in [1.807, 2.05) is 0 Å². The molecule has 0 fully saturated rings. The third kappa shape index (κ3) is 3.26. The van der Waals surface area contributed by atoms with Gasteiger partial charge in [-0.3, -0.25) is 4.79 Å². The van der Waals surface area contributed by atoms with Crippen molar-refractivity contribution < 1.29 is 13.9 Å². The maximum Gasteiger partial charge on any atom is 0.139 e. The fourth-order valence-electron chi connectivity index (χ4n) is 1.16. The van der Waals surface area contributed by atoms with Gasteiger partial charge in [0, 0.05) is 20.0 Å². The van der Waals surface area contributed by atoms with Crippen molar-refractivity contribution in [3.63, 3.8) is 0 Å². The maximum absolute atomic E-state index is 13.1. The van der Waals surface area contributed by atoms with Crippen molar-refractivity contribution in [2.75, 3.05) is 13.7 Å². The molecule has 0 N–H and O–H groups in total. The molecule has 0 bridgehead atoms. The summed E-state index contributed by atoms with van der Waals surface area (Å²) in [7, 11) is 1.54. The highest BCUT2D eigenvalue weighted by molar-refractivity contribution is 5.80. The van der Waals surface area contributed by atoms with Crippen molar-refractivity contribution in [2.24, 2.45) is 0 Å². The maximum atomic E-state index is 13.1. The lowest BCUT2D eigenvalue weighted by atomic mass is 10.1. The summed E-state index contributed by atoms with van der Waals surface area (Å²) < 4.78 is 17.9. The zero-order chi connectivity index (χ0) is 10.4. The molecular weight excluding hydrogens is 183 g/mol. The number of benzene rings is 1. The summed E-state index contributed by atoms with van der Waals surface area (Å²) in [6.07, 6.45) is 0.487. The van der Waals surface area contributed by atoms with Gasteiger partial charge in [-0.1, -0.05) is 18.2 Å². The van der Waals surface area contributed by atoms with Crippen LogP contribution >= 0.6 is 0 Å². The van der Waals surface area contributed by atoms with Gasteiger partial charge in [-0.15, -0.1) is 0 Å². The molecule has 1 aromatic rings. The van der Waals surface area contributed by atoms with Crippen LogP contribution in [-0.4, -0.2) is 19.5 Å². The second-order valence-corrected chi connectivity index (χ2v) is 3.05. The van der Waals surface area contributed by atoms with Crippen molar-refractivity contribution in [3.05, 3.63) is 35.6 Å². The van der Waals surface area contributed by atoms with Crippen molar-refractivity contribution in [1.29, 1.82) is 0 Å². The summed E-state index contributed by atoms with van der Waals surface area (Å²) in [5.74, 6) is -0.324. The molecule has 0 unspecified atom stereocenters. The van der Waals surface area contributed by atoms with E-state index >= 15 is 0 Å². The van der Waals surface area contributed by atoms with Gasteiger partial charge in [-0.25, -0.2) is 4.39 Å². The lowest BCUT2D eigenvalue weighted by molar-refractivity contribution is -0.119. The lowest BCUT2D eigenvalue weighted by Crippen LogP contribution is -2.07. The van der Waals surface area contributed by atoms with Crippen molar-refractivity contribution >= 4 is 5.78 Å². The first-order valence-electron chi connectivity index (χ1n) is 4.48. The van der Waals surface area contributed by atoms with Gasteiger partial charge in [-0.2, -0.15) is 0 Å². The Hall–Kier alpha value is -1.22. The second-order valence-electron chi connectivity index (χ2n) is 3.05. The molecule has 14 heavy (non-hydrogen) atoms. The van der Waals surface area contributed by atoms with Crippen LogP contribution in [0.15, 0.2) is 24.3 Å². The van der Waals surface area contributed by atoms with E-state index in [4.69, 9.17) is 4.74 Å². The fourth-order valence-corrected chi connectivity index (χ4v) is 1.16. The molecule has 76 valence electrons. The van der Waals surface area contributed by atoms with Crippen LogP contribution in [0.25, 0.3) is 0 Å². The third-order valence-corrected chi connectivity index (χ3v) is 1.93. The Kier molecular flexibility index (Phi) is 4.26. The number of rotatable bonds is 5. The Morgan fingerprint density at radius 1 is 1.43 bits per heavy atom. The van der Waals surface area contributed by atoms with Gasteiger partial charge >= 0.3 is 0 Å². The van der Waals surface area contributed by atoms with Crippen molar-refractivity contribution in [3.8, 4) is 0 Å². The molecule has 2 nitrogen and oxygen atoms in total. The summed E-state index contributed by atoms with van der Waals surface area (Å²) >= 11 is 0. The van der Waals surface area contributed by atoms with Crippen LogP contribution in [0.3, 0.4) is 0 Å². The van der Waals surface area contributed by atoms with Gasteiger partial charge in [0.25, 0.3) is 0 Å². The van der Waals surface area contributed by atoms with Gasteiger partial charge in [0.05, 0.1) is 6.61 Å². The van der Waals surface area contributed by atoms with Crippen LogP contribution in [-0.2, 0) is 16.0 Å². The minimum atomic E-state index is -0.321. The zero-order valence-electron chi connectivity index (χ0n) is 8.13. The number of ketones is 1. The number of hydrogen-bond donors (Lipinski definition) is 0. The van der Waals surface area contributed by atoms with E-state index in [2.05, 4.69) is 0 Å². The van der Waals surface area contributed by atoms with E-state index in [1.165, 1.54) is 13.2 Å². The zero-order valence-corrected chi connectivity index (χ0v) is 8.13. The molecule has 1 rings (SSSR count). The minimum Gasteiger partial charge on any atom is -0.384 e. The van der Waals surface area contributed by atoms with E-state index in [0.29, 0.717) is 18.6 Å². The predicted molar refractivity (Wildman–Crippen MR) is 51.6 cm³/mol. The van der Waals surface area contributed by atoms with Crippen molar-refractivity contribution in [2.45, 2.75) is 12.8 Å². The largest absolute Gasteiger partial charge is 0.384 e. The van der Waals surface area contributed by atoms with Gasteiger partial charge in [-0.05, 0) is 11.6 Å². The Balaban J connectivity index is 2.52. The van der Waals surface area contributed by atoms with Crippen LogP contribution < -0.4 is 0 Å². The van der Waals surface area contributed by atoms with Crippen LogP contribution in [0, 0.1) is 5.82 Å². The molecule has 0 aliphatic carbocycles. The lowest BCUT2D eigenvalue weighted by Gasteiger charge is -2.01. The molecule has 0 aliphatic heterocycles. The first-order valence-corrected chi connectivity index (χ1v) is 4.48. The van der Waals surface area contributed by atoms with Crippen LogP contribution in [0.5, 0.6) is 0 Å². The summed E-state index contributed by atoms with van der Waals surface area (Å²) in [6, 6.07) is 6.32. The Labute approximate surface area is 82.7 Å². The average molecular weight is 196 g/mol. The number of Topliss-reactive ketones (excluding diaryl/α,β-unsaturated/α-hetero) is 1. The molecule has 0 aromatic heterocycles. The molecule has 0 heterocycles. The van der Waals surface area contributed by atoms with Gasteiger partial charge < -0.3 is 4.74 Å². The highest BCUT2D eigenvalue weighted by atomic mass is 19.1. The number of halogens is 1.